The first-order chi connectivity index (χ1) is 7.63. The summed E-state index contributed by atoms with van der Waals surface area (Å²) in [5.74, 6) is 0.737. The van der Waals surface area contributed by atoms with E-state index in [1.807, 2.05) is 31.2 Å². The Balaban J connectivity index is 2.48. The Hall–Kier alpha value is -0.820. The Kier molecular flexibility index (Phi) is 5.54. The van der Waals surface area contributed by atoms with Gasteiger partial charge in [-0.2, -0.15) is 0 Å². The van der Waals surface area contributed by atoms with Gasteiger partial charge >= 0.3 is 0 Å². The van der Waals surface area contributed by atoms with Gasteiger partial charge in [0.15, 0.2) is 0 Å². The molecule has 1 aromatic rings. The summed E-state index contributed by atoms with van der Waals surface area (Å²) in [6.07, 6.45) is 3.19. The van der Waals surface area contributed by atoms with E-state index >= 15 is 0 Å². The first kappa shape index (κ1) is 13.2. The van der Waals surface area contributed by atoms with Crippen molar-refractivity contribution in [1.29, 1.82) is 0 Å². The minimum absolute atomic E-state index is 0.363. The van der Waals surface area contributed by atoms with Gasteiger partial charge in [0.1, 0.15) is 5.78 Å². The van der Waals surface area contributed by atoms with E-state index in [9.17, 15) is 4.79 Å². The third-order valence-corrected chi connectivity index (χ3v) is 3.00. The summed E-state index contributed by atoms with van der Waals surface area (Å²) in [5, 5.41) is 0.803. The van der Waals surface area contributed by atoms with Crippen LogP contribution in [0, 0.1) is 5.92 Å². The highest BCUT2D eigenvalue weighted by Crippen LogP contribution is 2.20. The van der Waals surface area contributed by atoms with Crippen molar-refractivity contribution in [2.75, 3.05) is 0 Å². The van der Waals surface area contributed by atoms with Crippen LogP contribution in [0.5, 0.6) is 0 Å². The van der Waals surface area contributed by atoms with E-state index in [1.165, 1.54) is 0 Å². The van der Waals surface area contributed by atoms with E-state index < -0.39 is 0 Å². The average molecular weight is 239 g/mol. The van der Waals surface area contributed by atoms with Gasteiger partial charge < -0.3 is 0 Å². The molecule has 0 aliphatic rings. The summed E-state index contributed by atoms with van der Waals surface area (Å²) in [7, 11) is 0. The van der Waals surface area contributed by atoms with Crippen LogP contribution in [0.4, 0.5) is 0 Å². The molecule has 0 aliphatic heterocycles. The van der Waals surface area contributed by atoms with Gasteiger partial charge in [-0.05, 0) is 30.4 Å². The highest BCUT2D eigenvalue weighted by Gasteiger charge is 2.10. The summed E-state index contributed by atoms with van der Waals surface area (Å²) < 4.78 is 0. The van der Waals surface area contributed by atoms with Crippen LogP contribution >= 0.6 is 11.6 Å². The molecule has 0 heterocycles. The summed E-state index contributed by atoms with van der Waals surface area (Å²) in [6, 6.07) is 7.85. The summed E-state index contributed by atoms with van der Waals surface area (Å²) >= 11 is 6.08. The van der Waals surface area contributed by atoms with Gasteiger partial charge in [0.05, 0.1) is 0 Å². The lowest BCUT2D eigenvalue weighted by Crippen LogP contribution is -2.08. The van der Waals surface area contributed by atoms with Crippen molar-refractivity contribution < 1.29 is 4.79 Å². The predicted molar refractivity (Wildman–Crippen MR) is 68.9 cm³/mol. The number of hydrogen-bond acceptors (Lipinski definition) is 1. The summed E-state index contributed by atoms with van der Waals surface area (Å²) in [5.41, 5.74) is 1.14. The number of Topliss-reactive ketones (excluding diaryl/α,β-unsaturated/α-hetero) is 1. The Morgan fingerprint density at radius 3 is 2.69 bits per heavy atom. The highest BCUT2D eigenvalue weighted by molar-refractivity contribution is 6.31. The van der Waals surface area contributed by atoms with E-state index in [0.29, 0.717) is 24.5 Å². The molecule has 0 aromatic heterocycles. The number of carbonyl (C=O) groups excluding carboxylic acids is 1. The molecule has 16 heavy (non-hydrogen) atoms. The van der Waals surface area contributed by atoms with Crippen LogP contribution in [-0.2, 0) is 11.2 Å². The van der Waals surface area contributed by atoms with Gasteiger partial charge in [0, 0.05) is 17.9 Å². The first-order valence-corrected chi connectivity index (χ1v) is 6.26. The molecule has 0 bridgehead atoms. The van der Waals surface area contributed by atoms with Crippen LogP contribution in [-0.4, -0.2) is 5.78 Å². The lowest BCUT2D eigenvalue weighted by atomic mass is 9.95. The molecule has 0 fully saturated rings. The Bertz CT molecular complexity index is 346. The van der Waals surface area contributed by atoms with Crippen molar-refractivity contribution in [2.45, 2.75) is 39.5 Å². The molecule has 0 radical (unpaired) electrons. The van der Waals surface area contributed by atoms with Crippen molar-refractivity contribution in [3.8, 4) is 0 Å². The van der Waals surface area contributed by atoms with E-state index in [-0.39, 0.29) is 0 Å². The zero-order chi connectivity index (χ0) is 12.0. The number of ketones is 1. The maximum absolute atomic E-state index is 11.5. The monoisotopic (exact) mass is 238 g/mol. The van der Waals surface area contributed by atoms with Gasteiger partial charge in [-0.1, -0.05) is 43.6 Å². The van der Waals surface area contributed by atoms with E-state index in [0.717, 1.165) is 23.4 Å². The quantitative estimate of drug-likeness (QED) is 0.723. The smallest absolute Gasteiger partial charge is 0.133 e. The Morgan fingerprint density at radius 2 is 2.06 bits per heavy atom. The molecule has 0 N–H and O–H groups in total. The molecule has 88 valence electrons. The molecule has 0 amide bonds. The summed E-state index contributed by atoms with van der Waals surface area (Å²) in [6.45, 7) is 4.15. The van der Waals surface area contributed by atoms with Crippen LogP contribution in [0.15, 0.2) is 24.3 Å². The van der Waals surface area contributed by atoms with Gasteiger partial charge in [-0.25, -0.2) is 0 Å². The van der Waals surface area contributed by atoms with Gasteiger partial charge in [-0.15, -0.1) is 0 Å². The molecule has 0 aliphatic carbocycles. The molecule has 0 spiro atoms. The van der Waals surface area contributed by atoms with Crippen molar-refractivity contribution in [2.24, 2.45) is 5.92 Å². The summed E-state index contributed by atoms with van der Waals surface area (Å²) in [4.78, 5) is 11.5. The highest BCUT2D eigenvalue weighted by atomic mass is 35.5. The number of hydrogen-bond donors (Lipinski definition) is 0. The van der Waals surface area contributed by atoms with Gasteiger partial charge in [0.25, 0.3) is 0 Å². The van der Waals surface area contributed by atoms with Gasteiger partial charge in [0.2, 0.25) is 0 Å². The van der Waals surface area contributed by atoms with Crippen molar-refractivity contribution >= 4 is 17.4 Å². The second-order valence-electron chi connectivity index (χ2n) is 4.39. The molecule has 1 rings (SSSR count). The van der Waals surface area contributed by atoms with E-state index in [1.54, 1.807) is 0 Å². The van der Waals surface area contributed by atoms with Crippen molar-refractivity contribution in [3.05, 3.63) is 34.9 Å². The molecule has 1 aromatic carbocycles. The Labute approximate surface area is 103 Å². The lowest BCUT2D eigenvalue weighted by Gasteiger charge is -2.11. The van der Waals surface area contributed by atoms with Crippen LogP contribution < -0.4 is 0 Å². The zero-order valence-electron chi connectivity index (χ0n) is 10.0. The molecule has 2 heteroatoms. The fourth-order valence-corrected chi connectivity index (χ4v) is 2.09. The number of rotatable bonds is 6. The van der Waals surface area contributed by atoms with Crippen LogP contribution in [0.25, 0.3) is 0 Å². The van der Waals surface area contributed by atoms with Crippen LogP contribution in [0.1, 0.15) is 38.7 Å². The number of carbonyl (C=O) groups is 1. The van der Waals surface area contributed by atoms with Crippen LogP contribution in [0.3, 0.4) is 0 Å². The zero-order valence-corrected chi connectivity index (χ0v) is 10.8. The van der Waals surface area contributed by atoms with E-state index in [4.69, 9.17) is 11.6 Å². The molecular formula is C14H19ClO. The number of halogens is 1. The second-order valence-corrected chi connectivity index (χ2v) is 4.80. The molecule has 1 unspecified atom stereocenters. The topological polar surface area (TPSA) is 17.1 Å². The standard InChI is InChI=1S/C14H19ClO/c1-3-6-13(16)10-11(2)9-12-7-4-5-8-14(12)15/h4-5,7-8,11H,3,6,9-10H2,1-2H3. The largest absolute Gasteiger partial charge is 0.300 e. The van der Waals surface area contributed by atoms with Crippen LogP contribution in [0.2, 0.25) is 5.02 Å². The Morgan fingerprint density at radius 1 is 1.38 bits per heavy atom. The number of benzene rings is 1. The fourth-order valence-electron chi connectivity index (χ4n) is 1.88. The molecule has 1 atom stereocenters. The first-order valence-electron chi connectivity index (χ1n) is 5.88. The molecule has 1 nitrogen and oxygen atoms in total. The molecule has 0 saturated carbocycles. The normalized spacial score (nSPS) is 12.4. The van der Waals surface area contributed by atoms with E-state index in [2.05, 4.69) is 6.92 Å². The maximum Gasteiger partial charge on any atom is 0.133 e. The molecular weight excluding hydrogens is 220 g/mol. The fraction of sp³-hybridized carbons (Fsp3) is 0.500. The maximum atomic E-state index is 11.5. The molecule has 0 saturated heterocycles. The second kappa shape index (κ2) is 6.70. The minimum Gasteiger partial charge on any atom is -0.300 e. The average Bonchev–Trinajstić information content (AvgIpc) is 2.21. The third kappa shape index (κ3) is 4.36. The minimum atomic E-state index is 0.363. The lowest BCUT2D eigenvalue weighted by molar-refractivity contribution is -0.119. The predicted octanol–water partition coefficient (Wildman–Crippen LogP) is 4.28. The third-order valence-electron chi connectivity index (χ3n) is 2.63. The van der Waals surface area contributed by atoms with Crippen molar-refractivity contribution in [3.63, 3.8) is 0 Å². The SMILES string of the molecule is CCCC(=O)CC(C)Cc1ccccc1Cl. The van der Waals surface area contributed by atoms with Crippen molar-refractivity contribution in [1.82, 2.24) is 0 Å². The van der Waals surface area contributed by atoms with Gasteiger partial charge in [-0.3, -0.25) is 4.79 Å².